The lowest BCUT2D eigenvalue weighted by atomic mass is 10.0. The minimum atomic E-state index is -2.86. The van der Waals surface area contributed by atoms with Crippen LogP contribution < -0.4 is 15.4 Å². The first-order chi connectivity index (χ1) is 14.0. The maximum Gasteiger partial charge on any atom is 0.387 e. The van der Waals surface area contributed by atoms with Crippen molar-refractivity contribution in [2.45, 2.75) is 58.3 Å². The maximum absolute atomic E-state index is 12.2. The molecule has 9 heteroatoms. The van der Waals surface area contributed by atoms with Crippen LogP contribution in [0.25, 0.3) is 0 Å². The van der Waals surface area contributed by atoms with Crippen molar-refractivity contribution in [3.05, 3.63) is 29.8 Å². The van der Waals surface area contributed by atoms with E-state index < -0.39 is 12.7 Å². The number of guanidine groups is 1. The number of hydrogen-bond donors (Lipinski definition) is 3. The fraction of sp³-hybridized carbons (Fsp3) is 0.667. The third-order valence-electron chi connectivity index (χ3n) is 5.11. The average Bonchev–Trinajstić information content (AvgIpc) is 2.70. The van der Waals surface area contributed by atoms with Crippen molar-refractivity contribution >= 4 is 29.9 Å². The summed E-state index contributed by atoms with van der Waals surface area (Å²) in [6, 6.07) is 6.63. The van der Waals surface area contributed by atoms with Crippen LogP contribution in [0.3, 0.4) is 0 Å². The van der Waals surface area contributed by atoms with Gasteiger partial charge in [0.15, 0.2) is 5.96 Å². The number of rotatable bonds is 10. The highest BCUT2D eigenvalue weighted by atomic mass is 127. The maximum atomic E-state index is 12.2. The first-order valence-electron chi connectivity index (χ1n) is 10.5. The second kappa shape index (κ2) is 14.7. The minimum absolute atomic E-state index is 0. The molecule has 2 rings (SSSR count). The number of nitrogens with one attached hydrogen (secondary N) is 2. The van der Waals surface area contributed by atoms with Crippen LogP contribution in [0.15, 0.2) is 29.3 Å². The minimum Gasteiger partial charge on any atom is -0.435 e. The van der Waals surface area contributed by atoms with Crippen LogP contribution in [0.4, 0.5) is 8.78 Å². The van der Waals surface area contributed by atoms with Crippen LogP contribution in [-0.2, 0) is 0 Å². The van der Waals surface area contributed by atoms with Crippen molar-refractivity contribution in [2.24, 2.45) is 4.99 Å². The predicted octanol–water partition coefficient (Wildman–Crippen LogP) is 3.76. The third kappa shape index (κ3) is 9.74. The molecule has 1 saturated heterocycles. The van der Waals surface area contributed by atoms with Crippen LogP contribution in [0, 0.1) is 0 Å². The number of likely N-dealkylation sites (tertiary alicyclic amines) is 1. The molecule has 0 radical (unpaired) electrons. The van der Waals surface area contributed by atoms with E-state index in [1.807, 2.05) is 6.92 Å². The number of aliphatic hydroxyl groups is 1. The van der Waals surface area contributed by atoms with E-state index in [0.29, 0.717) is 17.6 Å². The standard InChI is InChI=1S/C21H34F2N4O2.HI/c1-3-24-21(25-12-6-14-27-13-5-4-7-16(27)2)26-15-19(28)17-8-10-18(11-9-17)29-20(22)23;/h8-11,16,19-20,28H,3-7,12-15H2,1-2H3,(H2,24,25,26);1H. The molecule has 0 saturated carbocycles. The zero-order chi connectivity index (χ0) is 21.1. The van der Waals surface area contributed by atoms with Crippen molar-refractivity contribution in [1.29, 1.82) is 0 Å². The van der Waals surface area contributed by atoms with Crippen LogP contribution in [0.1, 0.15) is 51.2 Å². The van der Waals surface area contributed by atoms with Gasteiger partial charge >= 0.3 is 6.61 Å². The molecule has 0 bridgehead atoms. The molecule has 1 aliphatic heterocycles. The fourth-order valence-electron chi connectivity index (χ4n) is 3.48. The smallest absolute Gasteiger partial charge is 0.387 e. The second-order valence-corrected chi connectivity index (χ2v) is 7.34. The van der Waals surface area contributed by atoms with Gasteiger partial charge in [-0.25, -0.2) is 0 Å². The molecule has 0 spiro atoms. The lowest BCUT2D eigenvalue weighted by Gasteiger charge is -2.33. The van der Waals surface area contributed by atoms with Crippen molar-refractivity contribution in [2.75, 3.05) is 32.7 Å². The molecule has 6 nitrogen and oxygen atoms in total. The predicted molar refractivity (Wildman–Crippen MR) is 127 cm³/mol. The molecule has 0 aromatic heterocycles. The van der Waals surface area contributed by atoms with Gasteiger partial charge in [0.2, 0.25) is 0 Å². The first kappa shape index (κ1) is 26.8. The van der Waals surface area contributed by atoms with Crippen LogP contribution in [0.5, 0.6) is 5.75 Å². The highest BCUT2D eigenvalue weighted by Crippen LogP contribution is 2.19. The summed E-state index contributed by atoms with van der Waals surface area (Å²) in [5, 5.41) is 16.8. The summed E-state index contributed by atoms with van der Waals surface area (Å²) in [6.07, 6.45) is 4.11. The molecular weight excluding hydrogens is 505 g/mol. The molecule has 2 unspecified atom stereocenters. The van der Waals surface area contributed by atoms with E-state index in [1.54, 1.807) is 12.1 Å². The molecule has 30 heavy (non-hydrogen) atoms. The van der Waals surface area contributed by atoms with Gasteiger partial charge in [-0.3, -0.25) is 4.99 Å². The molecule has 2 atom stereocenters. The number of benzene rings is 1. The summed E-state index contributed by atoms with van der Waals surface area (Å²) in [6.45, 7) is 5.40. The van der Waals surface area contributed by atoms with Crippen molar-refractivity contribution in [1.82, 2.24) is 15.5 Å². The average molecular weight is 540 g/mol. The summed E-state index contributed by atoms with van der Waals surface area (Å²) in [7, 11) is 0. The molecule has 1 aromatic rings. The quantitative estimate of drug-likeness (QED) is 0.183. The molecule has 3 N–H and O–H groups in total. The van der Waals surface area contributed by atoms with Crippen LogP contribution in [-0.4, -0.2) is 61.3 Å². The van der Waals surface area contributed by atoms with Gasteiger partial charge in [-0.15, -0.1) is 24.0 Å². The molecule has 1 aromatic carbocycles. The first-order valence-corrected chi connectivity index (χ1v) is 10.5. The van der Waals surface area contributed by atoms with Crippen molar-refractivity contribution < 1.29 is 18.6 Å². The van der Waals surface area contributed by atoms with E-state index >= 15 is 0 Å². The number of ether oxygens (including phenoxy) is 1. The summed E-state index contributed by atoms with van der Waals surface area (Å²) >= 11 is 0. The fourth-order valence-corrected chi connectivity index (χ4v) is 3.48. The number of piperidine rings is 1. The van der Waals surface area contributed by atoms with Gasteiger partial charge in [0.25, 0.3) is 0 Å². The lowest BCUT2D eigenvalue weighted by Crippen LogP contribution is -2.41. The Kier molecular flexibility index (Phi) is 13.2. The molecule has 0 aliphatic carbocycles. The van der Waals surface area contributed by atoms with E-state index in [2.05, 4.69) is 32.2 Å². The van der Waals surface area contributed by atoms with Gasteiger partial charge < -0.3 is 25.4 Å². The summed E-state index contributed by atoms with van der Waals surface area (Å²) in [5.41, 5.74) is 0.602. The Morgan fingerprint density at radius 1 is 1.27 bits per heavy atom. The van der Waals surface area contributed by atoms with Crippen LogP contribution >= 0.6 is 24.0 Å². The van der Waals surface area contributed by atoms with E-state index in [9.17, 15) is 13.9 Å². The number of aliphatic imine (C=N–C) groups is 1. The summed E-state index contributed by atoms with van der Waals surface area (Å²) < 4.78 is 28.7. The SMILES string of the molecule is CCNC(=NCC(O)c1ccc(OC(F)F)cc1)NCCCN1CCCCC1C.I. The van der Waals surface area contributed by atoms with Gasteiger partial charge in [-0.05, 0) is 57.4 Å². The Labute approximate surface area is 195 Å². The van der Waals surface area contributed by atoms with Crippen molar-refractivity contribution in [3.8, 4) is 5.75 Å². The zero-order valence-corrected chi connectivity index (χ0v) is 20.1. The lowest BCUT2D eigenvalue weighted by molar-refractivity contribution is -0.0498. The van der Waals surface area contributed by atoms with E-state index in [-0.39, 0.29) is 36.3 Å². The molecule has 1 heterocycles. The number of aliphatic hydroxyl groups excluding tert-OH is 1. The number of hydrogen-bond acceptors (Lipinski definition) is 4. The Balaban J connectivity index is 0.00000450. The van der Waals surface area contributed by atoms with Crippen LogP contribution in [0.2, 0.25) is 0 Å². The molecular formula is C21H35F2IN4O2. The normalized spacial score (nSPS) is 18.6. The Hall–Kier alpha value is -1.20. The highest BCUT2D eigenvalue weighted by Gasteiger charge is 2.17. The zero-order valence-electron chi connectivity index (χ0n) is 17.8. The third-order valence-corrected chi connectivity index (χ3v) is 5.11. The van der Waals surface area contributed by atoms with Gasteiger partial charge in [0.05, 0.1) is 12.6 Å². The van der Waals surface area contributed by atoms with E-state index in [0.717, 1.165) is 26.1 Å². The Morgan fingerprint density at radius 3 is 2.63 bits per heavy atom. The summed E-state index contributed by atoms with van der Waals surface area (Å²) in [5.74, 6) is 0.730. The van der Waals surface area contributed by atoms with Gasteiger partial charge in [0, 0.05) is 25.7 Å². The Morgan fingerprint density at radius 2 is 2.00 bits per heavy atom. The molecule has 172 valence electrons. The van der Waals surface area contributed by atoms with E-state index in [4.69, 9.17) is 0 Å². The van der Waals surface area contributed by atoms with Gasteiger partial charge in [-0.2, -0.15) is 8.78 Å². The number of nitrogens with zero attached hydrogens (tertiary/aromatic N) is 2. The molecule has 0 amide bonds. The molecule has 1 fully saturated rings. The van der Waals surface area contributed by atoms with Gasteiger partial charge in [-0.1, -0.05) is 18.6 Å². The summed E-state index contributed by atoms with van der Waals surface area (Å²) in [4.78, 5) is 6.98. The monoisotopic (exact) mass is 540 g/mol. The highest BCUT2D eigenvalue weighted by molar-refractivity contribution is 14.0. The largest absolute Gasteiger partial charge is 0.435 e. The molecule has 1 aliphatic rings. The van der Waals surface area contributed by atoms with E-state index in [1.165, 1.54) is 37.9 Å². The van der Waals surface area contributed by atoms with Gasteiger partial charge in [0.1, 0.15) is 5.75 Å². The topological polar surface area (TPSA) is 69.1 Å². The number of halogens is 3. The van der Waals surface area contributed by atoms with Crippen molar-refractivity contribution in [3.63, 3.8) is 0 Å². The Bertz CT molecular complexity index is 620. The second-order valence-electron chi connectivity index (χ2n) is 7.34. The number of alkyl halides is 2.